The Morgan fingerprint density at radius 1 is 1.11 bits per heavy atom. The maximum atomic E-state index is 12.5. The summed E-state index contributed by atoms with van der Waals surface area (Å²) in [6.45, 7) is 6.54. The van der Waals surface area contributed by atoms with E-state index in [9.17, 15) is 4.79 Å². The molecule has 3 heterocycles. The van der Waals surface area contributed by atoms with E-state index in [1.165, 1.54) is 16.9 Å². The van der Waals surface area contributed by atoms with Crippen molar-refractivity contribution in [3.05, 3.63) is 76.2 Å². The first-order valence-electron chi connectivity index (χ1n) is 8.75. The van der Waals surface area contributed by atoms with Gasteiger partial charge in [0.15, 0.2) is 0 Å². The van der Waals surface area contributed by atoms with Gasteiger partial charge >= 0.3 is 0 Å². The van der Waals surface area contributed by atoms with Gasteiger partial charge in [-0.25, -0.2) is 9.97 Å². The summed E-state index contributed by atoms with van der Waals surface area (Å²) >= 11 is 1.49. The van der Waals surface area contributed by atoms with Crippen molar-refractivity contribution < 1.29 is 4.79 Å². The lowest BCUT2D eigenvalue weighted by molar-refractivity contribution is 0.0946. The third-order valence-electron chi connectivity index (χ3n) is 4.44. The Balaban J connectivity index is 1.47. The first kappa shape index (κ1) is 17.4. The van der Waals surface area contributed by atoms with Crippen molar-refractivity contribution >= 4 is 22.9 Å². The molecule has 4 aromatic rings. The van der Waals surface area contributed by atoms with Crippen LogP contribution in [0.1, 0.15) is 32.9 Å². The van der Waals surface area contributed by atoms with E-state index in [0.29, 0.717) is 12.2 Å². The number of hydrogen-bond acceptors (Lipinski definition) is 4. The molecule has 0 aliphatic heterocycles. The highest BCUT2D eigenvalue weighted by Crippen LogP contribution is 2.27. The second-order valence-electron chi connectivity index (χ2n) is 6.74. The van der Waals surface area contributed by atoms with Crippen LogP contribution >= 0.6 is 11.3 Å². The summed E-state index contributed by atoms with van der Waals surface area (Å²) < 4.78 is 1.95. The van der Waals surface area contributed by atoms with Gasteiger partial charge in [-0.1, -0.05) is 23.8 Å². The Kier molecular flexibility index (Phi) is 4.49. The Hall–Kier alpha value is -2.99. The molecule has 0 aliphatic rings. The number of aryl methyl sites for hydroxylation is 3. The number of aromatic nitrogens is 3. The highest BCUT2D eigenvalue weighted by Gasteiger charge is 2.13. The van der Waals surface area contributed by atoms with E-state index in [1.54, 1.807) is 5.38 Å². The summed E-state index contributed by atoms with van der Waals surface area (Å²) in [5.41, 5.74) is 6.74. The first-order chi connectivity index (χ1) is 13.0. The highest BCUT2D eigenvalue weighted by atomic mass is 32.1. The van der Waals surface area contributed by atoms with Crippen molar-refractivity contribution in [2.24, 2.45) is 0 Å². The van der Waals surface area contributed by atoms with E-state index < -0.39 is 0 Å². The Morgan fingerprint density at radius 2 is 1.93 bits per heavy atom. The molecule has 0 saturated carbocycles. The number of nitrogens with one attached hydrogen (secondary N) is 1. The van der Waals surface area contributed by atoms with Crippen LogP contribution in [0, 0.1) is 20.8 Å². The van der Waals surface area contributed by atoms with E-state index in [4.69, 9.17) is 0 Å². The molecule has 0 fully saturated rings. The predicted octanol–water partition coefficient (Wildman–Crippen LogP) is 4.31. The predicted molar refractivity (Wildman–Crippen MR) is 108 cm³/mol. The van der Waals surface area contributed by atoms with Gasteiger partial charge in [0, 0.05) is 23.3 Å². The standard InChI is InChI=1S/C21H20N4OS/c1-13-4-5-17(15(3)8-13)21-24-18(12-27-21)20(26)22-10-16-11-25-7-6-14(2)9-19(25)23-16/h4-9,11-12H,10H2,1-3H3,(H,22,26). The average molecular weight is 376 g/mol. The number of amides is 1. The molecule has 0 aliphatic carbocycles. The van der Waals surface area contributed by atoms with Crippen LogP contribution in [0.25, 0.3) is 16.2 Å². The normalized spacial score (nSPS) is 11.1. The number of thiazole rings is 1. The number of nitrogens with zero attached hydrogens (tertiary/aromatic N) is 3. The number of rotatable bonds is 4. The topological polar surface area (TPSA) is 59.3 Å². The molecule has 3 aromatic heterocycles. The van der Waals surface area contributed by atoms with Crippen molar-refractivity contribution in [1.82, 2.24) is 19.7 Å². The van der Waals surface area contributed by atoms with E-state index in [1.807, 2.05) is 35.9 Å². The smallest absolute Gasteiger partial charge is 0.271 e. The molecule has 27 heavy (non-hydrogen) atoms. The van der Waals surface area contributed by atoms with Gasteiger partial charge in [0.2, 0.25) is 0 Å². The van der Waals surface area contributed by atoms with Crippen molar-refractivity contribution in [3.8, 4) is 10.6 Å². The van der Waals surface area contributed by atoms with Gasteiger partial charge in [-0.05, 0) is 44.0 Å². The van der Waals surface area contributed by atoms with Gasteiger partial charge in [-0.3, -0.25) is 4.79 Å². The fourth-order valence-corrected chi connectivity index (χ4v) is 3.93. The average Bonchev–Trinajstić information content (AvgIpc) is 3.26. The molecule has 0 atom stereocenters. The third kappa shape index (κ3) is 3.61. The van der Waals surface area contributed by atoms with Crippen LogP contribution in [-0.4, -0.2) is 20.3 Å². The second kappa shape index (κ2) is 6.96. The van der Waals surface area contributed by atoms with E-state index in [0.717, 1.165) is 33.0 Å². The Morgan fingerprint density at radius 3 is 2.74 bits per heavy atom. The van der Waals surface area contributed by atoms with E-state index >= 15 is 0 Å². The van der Waals surface area contributed by atoms with Gasteiger partial charge in [0.1, 0.15) is 16.3 Å². The first-order valence-corrected chi connectivity index (χ1v) is 9.63. The summed E-state index contributed by atoms with van der Waals surface area (Å²) in [6, 6.07) is 10.3. The van der Waals surface area contributed by atoms with Crippen molar-refractivity contribution in [2.45, 2.75) is 27.3 Å². The molecular formula is C21H20N4OS. The maximum absolute atomic E-state index is 12.5. The second-order valence-corrected chi connectivity index (χ2v) is 7.60. The molecule has 0 bridgehead atoms. The minimum absolute atomic E-state index is 0.185. The van der Waals surface area contributed by atoms with E-state index in [2.05, 4.69) is 47.3 Å². The van der Waals surface area contributed by atoms with E-state index in [-0.39, 0.29) is 5.91 Å². The maximum Gasteiger partial charge on any atom is 0.271 e. The minimum Gasteiger partial charge on any atom is -0.345 e. The Labute approximate surface area is 161 Å². The van der Waals surface area contributed by atoms with Crippen molar-refractivity contribution in [1.29, 1.82) is 0 Å². The number of imidazole rings is 1. The number of carbonyl (C=O) groups excluding carboxylic acids is 1. The number of hydrogen-bond donors (Lipinski definition) is 1. The number of carbonyl (C=O) groups is 1. The van der Waals surface area contributed by atoms with Gasteiger partial charge in [-0.15, -0.1) is 11.3 Å². The molecule has 0 spiro atoms. The summed E-state index contributed by atoms with van der Waals surface area (Å²) in [6.07, 6.45) is 3.90. The zero-order valence-electron chi connectivity index (χ0n) is 15.5. The molecule has 0 radical (unpaired) electrons. The van der Waals surface area contributed by atoms with Crippen molar-refractivity contribution in [2.75, 3.05) is 0 Å². The molecule has 1 amide bonds. The fourth-order valence-electron chi connectivity index (χ4n) is 3.04. The molecule has 1 N–H and O–H groups in total. The van der Waals surface area contributed by atoms with Crippen LogP contribution in [0.5, 0.6) is 0 Å². The number of pyridine rings is 1. The lowest BCUT2D eigenvalue weighted by Crippen LogP contribution is -2.23. The van der Waals surface area contributed by atoms with Crippen LogP contribution in [0.4, 0.5) is 0 Å². The van der Waals surface area contributed by atoms with Gasteiger partial charge in [0.05, 0.1) is 12.2 Å². The number of benzene rings is 1. The van der Waals surface area contributed by atoms with Crippen LogP contribution < -0.4 is 5.32 Å². The largest absolute Gasteiger partial charge is 0.345 e. The summed E-state index contributed by atoms with van der Waals surface area (Å²) in [4.78, 5) is 21.5. The van der Waals surface area contributed by atoms with Gasteiger partial charge in [0.25, 0.3) is 5.91 Å². The lowest BCUT2D eigenvalue weighted by Gasteiger charge is -2.03. The van der Waals surface area contributed by atoms with Crippen LogP contribution in [0.3, 0.4) is 0 Å². The lowest BCUT2D eigenvalue weighted by atomic mass is 10.1. The van der Waals surface area contributed by atoms with Gasteiger partial charge < -0.3 is 9.72 Å². The zero-order valence-corrected chi connectivity index (χ0v) is 16.3. The minimum atomic E-state index is -0.185. The number of fused-ring (bicyclic) bond motifs is 1. The molecule has 6 heteroatoms. The van der Waals surface area contributed by atoms with Crippen LogP contribution in [0.15, 0.2) is 48.1 Å². The summed E-state index contributed by atoms with van der Waals surface area (Å²) in [5.74, 6) is -0.185. The molecule has 5 nitrogen and oxygen atoms in total. The fraction of sp³-hybridized carbons (Fsp3) is 0.190. The molecule has 0 unspecified atom stereocenters. The zero-order chi connectivity index (χ0) is 19.0. The molecular weight excluding hydrogens is 356 g/mol. The molecule has 136 valence electrons. The molecule has 1 aromatic carbocycles. The highest BCUT2D eigenvalue weighted by molar-refractivity contribution is 7.13. The SMILES string of the molecule is Cc1ccc(-c2nc(C(=O)NCc3cn4ccc(C)cc4n3)cs2)c(C)c1. The van der Waals surface area contributed by atoms with Crippen molar-refractivity contribution in [3.63, 3.8) is 0 Å². The summed E-state index contributed by atoms with van der Waals surface area (Å²) in [7, 11) is 0. The van der Waals surface area contributed by atoms with Gasteiger partial charge in [-0.2, -0.15) is 0 Å². The molecule has 0 saturated heterocycles. The monoisotopic (exact) mass is 376 g/mol. The third-order valence-corrected chi connectivity index (χ3v) is 5.32. The Bertz CT molecular complexity index is 1140. The van der Waals surface area contributed by atoms with Crippen LogP contribution in [-0.2, 0) is 6.54 Å². The van der Waals surface area contributed by atoms with Crippen LogP contribution in [0.2, 0.25) is 0 Å². The quantitative estimate of drug-likeness (QED) is 0.577. The molecule has 4 rings (SSSR count). The summed E-state index contributed by atoms with van der Waals surface area (Å²) in [5, 5.41) is 5.57.